The molecule has 0 amide bonds. The number of nitrogens with one attached hydrogen (secondary N) is 1. The van der Waals surface area contributed by atoms with Gasteiger partial charge in [0.2, 0.25) is 0 Å². The van der Waals surface area contributed by atoms with Crippen LogP contribution in [0.5, 0.6) is 0 Å². The van der Waals surface area contributed by atoms with Crippen molar-refractivity contribution in [1.29, 1.82) is 0 Å². The predicted molar refractivity (Wildman–Crippen MR) is 90.2 cm³/mol. The first-order chi connectivity index (χ1) is 9.48. The van der Waals surface area contributed by atoms with E-state index in [-0.39, 0.29) is 0 Å². The molecule has 0 aromatic heterocycles. The van der Waals surface area contributed by atoms with Gasteiger partial charge in [-0.05, 0) is 57.2 Å². The zero-order valence-corrected chi connectivity index (χ0v) is 14.7. The molecule has 120 valence electrons. The maximum Gasteiger partial charge on any atom is 0.00681 e. The molecule has 0 spiro atoms. The van der Waals surface area contributed by atoms with E-state index in [0.717, 1.165) is 5.92 Å². The summed E-state index contributed by atoms with van der Waals surface area (Å²) in [5.74, 6) is 0.879. The van der Waals surface area contributed by atoms with Crippen molar-refractivity contribution in [3.63, 3.8) is 0 Å². The van der Waals surface area contributed by atoms with E-state index in [1.165, 1.54) is 64.7 Å². The minimum atomic E-state index is 0.452. The number of likely N-dealkylation sites (tertiary alicyclic amines) is 1. The van der Waals surface area contributed by atoms with E-state index < -0.39 is 0 Å². The fourth-order valence-corrected chi connectivity index (χ4v) is 3.32. The van der Waals surface area contributed by atoms with Gasteiger partial charge in [-0.15, -0.1) is 0 Å². The van der Waals surface area contributed by atoms with E-state index in [0.29, 0.717) is 11.5 Å². The van der Waals surface area contributed by atoms with Crippen LogP contribution in [0, 0.1) is 11.3 Å². The largest absolute Gasteiger partial charge is 0.313 e. The minimum Gasteiger partial charge on any atom is -0.313 e. The summed E-state index contributed by atoms with van der Waals surface area (Å²) in [4.78, 5) is 2.58. The van der Waals surface area contributed by atoms with Gasteiger partial charge in [-0.2, -0.15) is 0 Å². The smallest absolute Gasteiger partial charge is 0.00681 e. The lowest BCUT2D eigenvalue weighted by Gasteiger charge is -2.36. The Balaban J connectivity index is 2.23. The summed E-state index contributed by atoms with van der Waals surface area (Å²) in [6, 6.07) is 0.680. The molecule has 0 saturated carbocycles. The molecule has 0 bridgehead atoms. The van der Waals surface area contributed by atoms with Gasteiger partial charge < -0.3 is 10.2 Å². The molecule has 1 heterocycles. The van der Waals surface area contributed by atoms with Gasteiger partial charge >= 0.3 is 0 Å². The highest BCUT2D eigenvalue weighted by Gasteiger charge is 2.25. The summed E-state index contributed by atoms with van der Waals surface area (Å²) in [6.45, 7) is 16.8. The van der Waals surface area contributed by atoms with Crippen LogP contribution in [0.25, 0.3) is 0 Å². The van der Waals surface area contributed by atoms with Gasteiger partial charge in [0.25, 0.3) is 0 Å². The molecule has 1 aliphatic heterocycles. The Bertz CT molecular complexity index is 242. The highest BCUT2D eigenvalue weighted by molar-refractivity contribution is 4.81. The van der Waals surface area contributed by atoms with Crippen LogP contribution in [-0.4, -0.2) is 37.1 Å². The van der Waals surface area contributed by atoms with Crippen molar-refractivity contribution in [2.24, 2.45) is 11.3 Å². The fraction of sp³-hybridized carbons (Fsp3) is 1.00. The Kier molecular flexibility index (Phi) is 8.13. The molecule has 1 N–H and O–H groups in total. The van der Waals surface area contributed by atoms with Crippen LogP contribution >= 0.6 is 0 Å². The maximum atomic E-state index is 3.83. The zero-order valence-electron chi connectivity index (χ0n) is 14.7. The van der Waals surface area contributed by atoms with E-state index in [4.69, 9.17) is 0 Å². The second-order valence-electron chi connectivity index (χ2n) is 7.56. The van der Waals surface area contributed by atoms with E-state index in [9.17, 15) is 0 Å². The van der Waals surface area contributed by atoms with E-state index in [1.807, 2.05) is 0 Å². The summed E-state index contributed by atoms with van der Waals surface area (Å²) in [6.07, 6.45) is 8.20. The van der Waals surface area contributed by atoms with E-state index in [1.54, 1.807) is 0 Å². The maximum absolute atomic E-state index is 3.83. The Morgan fingerprint density at radius 2 is 1.80 bits per heavy atom. The molecule has 1 fully saturated rings. The molecule has 0 aliphatic carbocycles. The third kappa shape index (κ3) is 6.58. The van der Waals surface area contributed by atoms with Crippen LogP contribution in [0.2, 0.25) is 0 Å². The van der Waals surface area contributed by atoms with Crippen LogP contribution in [0.4, 0.5) is 0 Å². The molecule has 20 heavy (non-hydrogen) atoms. The van der Waals surface area contributed by atoms with Crippen LogP contribution in [0.3, 0.4) is 0 Å². The average Bonchev–Trinajstić information content (AvgIpc) is 2.45. The Hall–Kier alpha value is -0.0800. The van der Waals surface area contributed by atoms with Gasteiger partial charge in [-0.25, -0.2) is 0 Å². The standard InChI is InChI=1S/C18H38N2/c1-6-8-9-12-18(4,5)15-19-16(3)17-10-13-20(7-2)14-11-17/h16-17,19H,6-15H2,1-5H3. The van der Waals surface area contributed by atoms with Crippen molar-refractivity contribution >= 4 is 0 Å². The predicted octanol–water partition coefficient (Wildman–Crippen LogP) is 4.30. The van der Waals surface area contributed by atoms with Crippen LogP contribution < -0.4 is 5.32 Å². The number of piperidine rings is 1. The third-order valence-corrected chi connectivity index (χ3v) is 5.15. The Labute approximate surface area is 127 Å². The molecule has 2 nitrogen and oxygen atoms in total. The van der Waals surface area contributed by atoms with Gasteiger partial charge in [0.15, 0.2) is 0 Å². The second-order valence-corrected chi connectivity index (χ2v) is 7.56. The first-order valence-corrected chi connectivity index (χ1v) is 8.94. The van der Waals surface area contributed by atoms with Crippen molar-refractivity contribution in [2.75, 3.05) is 26.2 Å². The van der Waals surface area contributed by atoms with Crippen molar-refractivity contribution in [3.05, 3.63) is 0 Å². The number of rotatable bonds is 9. The van der Waals surface area contributed by atoms with Gasteiger partial charge in [-0.3, -0.25) is 0 Å². The van der Waals surface area contributed by atoms with E-state index in [2.05, 4.69) is 44.8 Å². The number of unbranched alkanes of at least 4 members (excludes halogenated alkanes) is 2. The second kappa shape index (κ2) is 9.04. The van der Waals surface area contributed by atoms with Crippen molar-refractivity contribution in [1.82, 2.24) is 10.2 Å². The SMILES string of the molecule is CCCCCC(C)(C)CNC(C)C1CCN(CC)CC1. The molecule has 1 saturated heterocycles. The van der Waals surface area contributed by atoms with Crippen molar-refractivity contribution in [3.8, 4) is 0 Å². The van der Waals surface area contributed by atoms with Crippen LogP contribution in [-0.2, 0) is 0 Å². The van der Waals surface area contributed by atoms with E-state index >= 15 is 0 Å². The average molecular weight is 283 g/mol. The molecule has 2 heteroatoms. The third-order valence-electron chi connectivity index (χ3n) is 5.15. The van der Waals surface area contributed by atoms with Gasteiger partial charge in [0.1, 0.15) is 0 Å². The molecular formula is C18H38N2. The monoisotopic (exact) mass is 282 g/mol. The minimum absolute atomic E-state index is 0.452. The molecular weight excluding hydrogens is 244 g/mol. The molecule has 0 aromatic carbocycles. The zero-order chi connectivity index (χ0) is 15.0. The molecule has 1 rings (SSSR count). The van der Waals surface area contributed by atoms with Crippen molar-refractivity contribution in [2.45, 2.75) is 79.2 Å². The quantitative estimate of drug-likeness (QED) is 0.634. The van der Waals surface area contributed by atoms with Crippen molar-refractivity contribution < 1.29 is 0 Å². The lowest BCUT2D eigenvalue weighted by Crippen LogP contribution is -2.44. The summed E-state index contributed by atoms with van der Waals surface area (Å²) >= 11 is 0. The first-order valence-electron chi connectivity index (χ1n) is 8.94. The summed E-state index contributed by atoms with van der Waals surface area (Å²) in [5, 5.41) is 3.83. The summed E-state index contributed by atoms with van der Waals surface area (Å²) in [7, 11) is 0. The van der Waals surface area contributed by atoms with Gasteiger partial charge in [-0.1, -0.05) is 47.0 Å². The lowest BCUT2D eigenvalue weighted by atomic mass is 9.85. The van der Waals surface area contributed by atoms with Crippen LogP contribution in [0.1, 0.15) is 73.1 Å². The molecule has 1 aliphatic rings. The van der Waals surface area contributed by atoms with Crippen LogP contribution in [0.15, 0.2) is 0 Å². The molecule has 0 aromatic rings. The summed E-state index contributed by atoms with van der Waals surface area (Å²) in [5.41, 5.74) is 0.452. The highest BCUT2D eigenvalue weighted by atomic mass is 15.1. The Morgan fingerprint density at radius 1 is 1.15 bits per heavy atom. The summed E-state index contributed by atoms with van der Waals surface area (Å²) < 4.78 is 0. The number of hydrogen-bond acceptors (Lipinski definition) is 2. The molecule has 0 radical (unpaired) electrons. The highest BCUT2D eigenvalue weighted by Crippen LogP contribution is 2.25. The topological polar surface area (TPSA) is 15.3 Å². The first kappa shape index (κ1) is 18.0. The Morgan fingerprint density at radius 3 is 2.35 bits per heavy atom. The lowest BCUT2D eigenvalue weighted by molar-refractivity contribution is 0.161. The number of hydrogen-bond donors (Lipinski definition) is 1. The molecule has 1 unspecified atom stereocenters. The van der Waals surface area contributed by atoms with Gasteiger partial charge in [0.05, 0.1) is 0 Å². The normalized spacial score (nSPS) is 20.2. The fourth-order valence-electron chi connectivity index (χ4n) is 3.32. The number of nitrogens with zero attached hydrogens (tertiary/aromatic N) is 1. The van der Waals surface area contributed by atoms with Gasteiger partial charge in [0, 0.05) is 12.6 Å². The molecule has 1 atom stereocenters.